The number of aliphatic hydroxyl groups is 1. The van der Waals surface area contributed by atoms with Crippen molar-refractivity contribution in [3.63, 3.8) is 0 Å². The van der Waals surface area contributed by atoms with Gasteiger partial charge in [0, 0.05) is 0 Å². The zero-order valence-electron chi connectivity index (χ0n) is 9.22. The third kappa shape index (κ3) is 2.30. The SMILES string of the molecule is OCC1(c2cccc(C(F)(F)F)c2)CCCN1. The molecule has 1 aliphatic rings. The van der Waals surface area contributed by atoms with Crippen LogP contribution in [0.15, 0.2) is 24.3 Å². The fourth-order valence-electron chi connectivity index (χ4n) is 2.27. The quantitative estimate of drug-likeness (QED) is 0.837. The minimum absolute atomic E-state index is 0.186. The summed E-state index contributed by atoms with van der Waals surface area (Å²) >= 11 is 0. The molecule has 1 aliphatic heterocycles. The van der Waals surface area contributed by atoms with E-state index < -0.39 is 17.3 Å². The molecule has 0 bridgehead atoms. The normalized spacial score (nSPS) is 25.2. The molecule has 0 amide bonds. The van der Waals surface area contributed by atoms with Gasteiger partial charge in [-0.25, -0.2) is 0 Å². The summed E-state index contributed by atoms with van der Waals surface area (Å²) in [7, 11) is 0. The van der Waals surface area contributed by atoms with E-state index in [0.717, 1.165) is 25.1 Å². The topological polar surface area (TPSA) is 32.3 Å². The van der Waals surface area contributed by atoms with E-state index in [1.807, 2.05) is 0 Å². The van der Waals surface area contributed by atoms with Gasteiger partial charge in [-0.05, 0) is 37.1 Å². The van der Waals surface area contributed by atoms with Crippen LogP contribution in [-0.2, 0) is 11.7 Å². The van der Waals surface area contributed by atoms with Gasteiger partial charge in [-0.15, -0.1) is 0 Å². The standard InChI is InChI=1S/C12H14F3NO/c13-12(14,15)10-4-1-3-9(7-10)11(8-17)5-2-6-16-11/h1,3-4,7,16-17H,2,5-6,8H2. The Morgan fingerprint density at radius 2 is 2.12 bits per heavy atom. The number of alkyl halides is 3. The largest absolute Gasteiger partial charge is 0.416 e. The van der Waals surface area contributed by atoms with Crippen LogP contribution in [0, 0.1) is 0 Å². The number of benzene rings is 1. The molecule has 1 unspecified atom stereocenters. The minimum atomic E-state index is -4.34. The number of aliphatic hydroxyl groups excluding tert-OH is 1. The molecule has 1 fully saturated rings. The van der Waals surface area contributed by atoms with Crippen LogP contribution in [0.25, 0.3) is 0 Å². The molecule has 1 saturated heterocycles. The van der Waals surface area contributed by atoms with Crippen LogP contribution in [0.2, 0.25) is 0 Å². The van der Waals surface area contributed by atoms with Crippen molar-refractivity contribution >= 4 is 0 Å². The van der Waals surface area contributed by atoms with Crippen molar-refractivity contribution in [1.82, 2.24) is 5.32 Å². The van der Waals surface area contributed by atoms with Gasteiger partial charge in [0.05, 0.1) is 17.7 Å². The molecule has 5 heteroatoms. The lowest BCUT2D eigenvalue weighted by atomic mass is 9.88. The average Bonchev–Trinajstić information content (AvgIpc) is 2.78. The first-order valence-corrected chi connectivity index (χ1v) is 5.52. The molecular formula is C12H14F3NO. The molecule has 1 heterocycles. The Hall–Kier alpha value is -1.07. The second kappa shape index (κ2) is 4.31. The first-order valence-electron chi connectivity index (χ1n) is 5.52. The number of nitrogens with one attached hydrogen (secondary N) is 1. The van der Waals surface area contributed by atoms with Gasteiger partial charge in [-0.3, -0.25) is 0 Å². The Bertz CT molecular complexity index is 397. The summed E-state index contributed by atoms with van der Waals surface area (Å²) in [4.78, 5) is 0. The Balaban J connectivity index is 2.39. The number of halogens is 3. The number of rotatable bonds is 2. The van der Waals surface area contributed by atoms with E-state index >= 15 is 0 Å². The van der Waals surface area contributed by atoms with Gasteiger partial charge in [0.2, 0.25) is 0 Å². The van der Waals surface area contributed by atoms with Crippen molar-refractivity contribution < 1.29 is 18.3 Å². The Morgan fingerprint density at radius 1 is 1.35 bits per heavy atom. The fraction of sp³-hybridized carbons (Fsp3) is 0.500. The van der Waals surface area contributed by atoms with Gasteiger partial charge in [0.25, 0.3) is 0 Å². The summed E-state index contributed by atoms with van der Waals surface area (Å²) in [5.41, 5.74) is -0.870. The number of hydrogen-bond acceptors (Lipinski definition) is 2. The van der Waals surface area contributed by atoms with Gasteiger partial charge in [-0.1, -0.05) is 12.1 Å². The van der Waals surface area contributed by atoms with Gasteiger partial charge in [0.1, 0.15) is 0 Å². The molecule has 17 heavy (non-hydrogen) atoms. The molecule has 94 valence electrons. The highest BCUT2D eigenvalue weighted by atomic mass is 19.4. The molecule has 0 saturated carbocycles. The summed E-state index contributed by atoms with van der Waals surface area (Å²) in [5.74, 6) is 0. The van der Waals surface area contributed by atoms with E-state index in [9.17, 15) is 18.3 Å². The molecule has 0 aliphatic carbocycles. The highest BCUT2D eigenvalue weighted by Gasteiger charge is 2.37. The molecule has 0 aromatic heterocycles. The molecule has 1 atom stereocenters. The second-order valence-electron chi connectivity index (χ2n) is 4.35. The molecule has 2 N–H and O–H groups in total. The Labute approximate surface area is 97.5 Å². The lowest BCUT2D eigenvalue weighted by Crippen LogP contribution is -2.40. The van der Waals surface area contributed by atoms with Crippen molar-refractivity contribution in [3.8, 4) is 0 Å². The lowest BCUT2D eigenvalue weighted by molar-refractivity contribution is -0.137. The van der Waals surface area contributed by atoms with Crippen LogP contribution in [0.1, 0.15) is 24.0 Å². The maximum atomic E-state index is 12.6. The van der Waals surface area contributed by atoms with E-state index in [-0.39, 0.29) is 6.61 Å². The summed E-state index contributed by atoms with van der Waals surface area (Å²) in [6.45, 7) is 0.533. The van der Waals surface area contributed by atoms with Crippen LogP contribution in [-0.4, -0.2) is 18.3 Å². The molecule has 1 aromatic carbocycles. The van der Waals surface area contributed by atoms with Crippen molar-refractivity contribution in [3.05, 3.63) is 35.4 Å². The van der Waals surface area contributed by atoms with Gasteiger partial charge < -0.3 is 10.4 Å². The zero-order chi connectivity index (χ0) is 12.5. The molecule has 2 nitrogen and oxygen atoms in total. The van der Waals surface area contributed by atoms with Crippen LogP contribution in [0.3, 0.4) is 0 Å². The molecule has 0 spiro atoms. The lowest BCUT2D eigenvalue weighted by Gasteiger charge is -2.28. The first-order chi connectivity index (χ1) is 7.98. The van der Waals surface area contributed by atoms with Gasteiger partial charge in [-0.2, -0.15) is 13.2 Å². The predicted molar refractivity (Wildman–Crippen MR) is 57.4 cm³/mol. The third-order valence-corrected chi connectivity index (χ3v) is 3.26. The molecule has 1 aromatic rings. The van der Waals surface area contributed by atoms with Crippen LogP contribution in [0.5, 0.6) is 0 Å². The highest BCUT2D eigenvalue weighted by molar-refractivity contribution is 5.32. The van der Waals surface area contributed by atoms with Crippen LogP contribution < -0.4 is 5.32 Å². The minimum Gasteiger partial charge on any atom is -0.394 e. The Kier molecular flexibility index (Phi) is 3.14. The monoisotopic (exact) mass is 245 g/mol. The third-order valence-electron chi connectivity index (χ3n) is 3.26. The van der Waals surface area contributed by atoms with Crippen molar-refractivity contribution in [2.75, 3.05) is 13.2 Å². The molecule has 2 rings (SSSR count). The Morgan fingerprint density at radius 3 is 2.65 bits per heavy atom. The number of hydrogen-bond donors (Lipinski definition) is 2. The van der Waals surface area contributed by atoms with Crippen molar-refractivity contribution in [2.45, 2.75) is 24.6 Å². The predicted octanol–water partition coefficient (Wildman–Crippen LogP) is 2.28. The first kappa shape index (κ1) is 12.4. The summed E-state index contributed by atoms with van der Waals surface area (Å²) in [6.07, 6.45) is -2.83. The summed E-state index contributed by atoms with van der Waals surface area (Å²) in [5, 5.41) is 12.5. The van der Waals surface area contributed by atoms with E-state index in [2.05, 4.69) is 5.32 Å². The maximum Gasteiger partial charge on any atom is 0.416 e. The smallest absolute Gasteiger partial charge is 0.394 e. The average molecular weight is 245 g/mol. The summed E-state index contributed by atoms with van der Waals surface area (Å²) < 4.78 is 37.8. The zero-order valence-corrected chi connectivity index (χ0v) is 9.22. The molecular weight excluding hydrogens is 231 g/mol. The van der Waals surface area contributed by atoms with E-state index in [0.29, 0.717) is 12.0 Å². The van der Waals surface area contributed by atoms with Crippen LogP contribution >= 0.6 is 0 Å². The van der Waals surface area contributed by atoms with Gasteiger partial charge >= 0.3 is 6.18 Å². The maximum absolute atomic E-state index is 12.6. The van der Waals surface area contributed by atoms with Crippen LogP contribution in [0.4, 0.5) is 13.2 Å². The van der Waals surface area contributed by atoms with E-state index in [1.54, 1.807) is 6.07 Å². The summed E-state index contributed by atoms with van der Waals surface area (Å²) in [6, 6.07) is 5.18. The highest BCUT2D eigenvalue weighted by Crippen LogP contribution is 2.35. The molecule has 0 radical (unpaired) electrons. The fourth-order valence-corrected chi connectivity index (χ4v) is 2.27. The second-order valence-corrected chi connectivity index (χ2v) is 4.35. The van der Waals surface area contributed by atoms with Gasteiger partial charge in [0.15, 0.2) is 0 Å². The van der Waals surface area contributed by atoms with E-state index in [1.165, 1.54) is 6.07 Å². The van der Waals surface area contributed by atoms with Crippen molar-refractivity contribution in [1.29, 1.82) is 0 Å². The van der Waals surface area contributed by atoms with Crippen molar-refractivity contribution in [2.24, 2.45) is 0 Å². The van der Waals surface area contributed by atoms with E-state index in [4.69, 9.17) is 0 Å².